The summed E-state index contributed by atoms with van der Waals surface area (Å²) in [6.07, 6.45) is 0. The molecule has 2 aromatic rings. The lowest BCUT2D eigenvalue weighted by Crippen LogP contribution is -1.98. The van der Waals surface area contributed by atoms with Gasteiger partial charge in [-0.1, -0.05) is 23.1 Å². The van der Waals surface area contributed by atoms with E-state index in [1.807, 2.05) is 6.92 Å². The summed E-state index contributed by atoms with van der Waals surface area (Å²) in [5.41, 5.74) is 6.36. The summed E-state index contributed by atoms with van der Waals surface area (Å²) in [7, 11) is 0. The number of benzene rings is 1. The molecular formula is C10H10FN3S2. The number of hydrogen-bond acceptors (Lipinski definition) is 5. The molecule has 1 aromatic heterocycles. The van der Waals surface area contributed by atoms with Gasteiger partial charge >= 0.3 is 0 Å². The van der Waals surface area contributed by atoms with Crippen LogP contribution in [0.5, 0.6) is 0 Å². The summed E-state index contributed by atoms with van der Waals surface area (Å²) in [4.78, 5) is 0.931. The van der Waals surface area contributed by atoms with Crippen LogP contribution in [0, 0.1) is 12.7 Å². The lowest BCUT2D eigenvalue weighted by Gasteiger charge is -2.04. The van der Waals surface area contributed by atoms with Crippen LogP contribution in [0.15, 0.2) is 27.4 Å². The first-order chi connectivity index (χ1) is 7.69. The van der Waals surface area contributed by atoms with E-state index >= 15 is 0 Å². The normalized spacial score (nSPS) is 10.7. The predicted octanol–water partition coefficient (Wildman–Crippen LogP) is 2.60. The Morgan fingerprint density at radius 1 is 1.44 bits per heavy atom. The fourth-order valence-corrected chi connectivity index (χ4v) is 3.11. The molecule has 0 saturated heterocycles. The minimum absolute atomic E-state index is 0.266. The smallest absolute Gasteiger partial charge is 0.179 e. The molecule has 1 heterocycles. The molecule has 0 aliphatic rings. The predicted molar refractivity (Wildman–Crippen MR) is 63.1 cm³/mol. The van der Waals surface area contributed by atoms with Gasteiger partial charge in [-0.2, -0.15) is 0 Å². The first-order valence-electron chi connectivity index (χ1n) is 4.65. The highest BCUT2D eigenvalue weighted by Crippen LogP contribution is 2.32. The maximum absolute atomic E-state index is 13.0. The monoisotopic (exact) mass is 255 g/mol. The van der Waals surface area contributed by atoms with Crippen LogP contribution < -0.4 is 5.73 Å². The molecule has 0 aliphatic heterocycles. The molecule has 3 nitrogen and oxygen atoms in total. The van der Waals surface area contributed by atoms with Crippen LogP contribution >= 0.6 is 23.1 Å². The van der Waals surface area contributed by atoms with E-state index in [-0.39, 0.29) is 5.82 Å². The molecule has 0 spiro atoms. The lowest BCUT2D eigenvalue weighted by atomic mass is 10.2. The molecule has 16 heavy (non-hydrogen) atoms. The molecule has 0 atom stereocenters. The molecule has 0 radical (unpaired) electrons. The Balaban J connectivity index is 2.27. The maximum Gasteiger partial charge on any atom is 0.179 e. The summed E-state index contributed by atoms with van der Waals surface area (Å²) in [6, 6.07) is 4.60. The molecule has 0 bridgehead atoms. The third-order valence-electron chi connectivity index (χ3n) is 1.95. The third kappa shape index (κ3) is 2.58. The van der Waals surface area contributed by atoms with Crippen LogP contribution in [0.4, 0.5) is 4.39 Å². The lowest BCUT2D eigenvalue weighted by molar-refractivity contribution is 0.623. The van der Waals surface area contributed by atoms with Crippen molar-refractivity contribution in [3.63, 3.8) is 0 Å². The zero-order valence-corrected chi connectivity index (χ0v) is 10.2. The van der Waals surface area contributed by atoms with E-state index in [9.17, 15) is 4.39 Å². The van der Waals surface area contributed by atoms with Crippen molar-refractivity contribution in [2.24, 2.45) is 5.73 Å². The van der Waals surface area contributed by atoms with Gasteiger partial charge in [-0.25, -0.2) is 4.39 Å². The summed E-state index contributed by atoms with van der Waals surface area (Å²) < 4.78 is 13.8. The SMILES string of the molecule is Cc1nnc(Sc2ccc(F)cc2CN)s1. The van der Waals surface area contributed by atoms with Gasteiger partial charge in [-0.15, -0.1) is 10.2 Å². The number of rotatable bonds is 3. The third-order valence-corrected chi connectivity index (χ3v) is 3.95. The quantitative estimate of drug-likeness (QED) is 0.916. The molecule has 0 fully saturated rings. The van der Waals surface area contributed by atoms with Crippen LogP contribution in [0.1, 0.15) is 10.6 Å². The van der Waals surface area contributed by atoms with E-state index in [1.165, 1.54) is 35.2 Å². The standard InChI is InChI=1S/C10H10FN3S2/c1-6-13-14-10(15-6)16-9-3-2-8(11)4-7(9)5-12/h2-4H,5,12H2,1H3. The average Bonchev–Trinajstić information content (AvgIpc) is 2.67. The van der Waals surface area contributed by atoms with Crippen molar-refractivity contribution >= 4 is 23.1 Å². The highest BCUT2D eigenvalue weighted by atomic mass is 32.2. The second kappa shape index (κ2) is 4.90. The molecule has 6 heteroatoms. The highest BCUT2D eigenvalue weighted by molar-refractivity contribution is 8.01. The van der Waals surface area contributed by atoms with Crippen molar-refractivity contribution in [1.82, 2.24) is 10.2 Å². The molecular weight excluding hydrogens is 245 g/mol. The van der Waals surface area contributed by atoms with Crippen LogP contribution in [-0.2, 0) is 6.54 Å². The zero-order valence-electron chi connectivity index (χ0n) is 8.61. The molecule has 1 aromatic carbocycles. The summed E-state index contributed by atoms with van der Waals surface area (Å²) in [5, 5.41) is 8.85. The number of halogens is 1. The van der Waals surface area contributed by atoms with E-state index in [1.54, 1.807) is 6.07 Å². The Kier molecular flexibility index (Phi) is 3.52. The number of nitrogens with two attached hydrogens (primary N) is 1. The topological polar surface area (TPSA) is 51.8 Å². The van der Waals surface area contributed by atoms with Crippen molar-refractivity contribution < 1.29 is 4.39 Å². The Hall–Kier alpha value is -0.980. The van der Waals surface area contributed by atoms with E-state index in [0.29, 0.717) is 6.54 Å². The first-order valence-corrected chi connectivity index (χ1v) is 6.29. The van der Waals surface area contributed by atoms with E-state index in [2.05, 4.69) is 10.2 Å². The average molecular weight is 255 g/mol. The number of aryl methyl sites for hydroxylation is 1. The van der Waals surface area contributed by atoms with Gasteiger partial charge in [0.15, 0.2) is 4.34 Å². The summed E-state index contributed by atoms with van der Waals surface area (Å²) >= 11 is 2.98. The molecule has 0 unspecified atom stereocenters. The second-order valence-electron chi connectivity index (χ2n) is 3.15. The van der Waals surface area contributed by atoms with Gasteiger partial charge in [-0.3, -0.25) is 0 Å². The Bertz CT molecular complexity index is 499. The largest absolute Gasteiger partial charge is 0.326 e. The zero-order chi connectivity index (χ0) is 11.5. The maximum atomic E-state index is 13.0. The molecule has 0 amide bonds. The fourth-order valence-electron chi connectivity index (χ4n) is 1.22. The van der Waals surface area contributed by atoms with Crippen LogP contribution in [0.2, 0.25) is 0 Å². The van der Waals surface area contributed by atoms with Gasteiger partial charge in [0.1, 0.15) is 10.8 Å². The van der Waals surface area contributed by atoms with Crippen molar-refractivity contribution in [3.05, 3.63) is 34.6 Å². The Morgan fingerprint density at radius 3 is 2.88 bits per heavy atom. The number of hydrogen-bond donors (Lipinski definition) is 1. The van der Waals surface area contributed by atoms with Gasteiger partial charge in [0.2, 0.25) is 0 Å². The molecule has 2 N–H and O–H groups in total. The highest BCUT2D eigenvalue weighted by Gasteiger charge is 2.08. The Labute approximate surface area is 101 Å². The van der Waals surface area contributed by atoms with Crippen molar-refractivity contribution in [2.45, 2.75) is 22.7 Å². The first kappa shape index (κ1) is 11.5. The van der Waals surface area contributed by atoms with Crippen LogP contribution in [0.25, 0.3) is 0 Å². The molecule has 2 rings (SSSR count). The van der Waals surface area contributed by atoms with E-state index < -0.39 is 0 Å². The summed E-state index contributed by atoms with van der Waals surface area (Å²) in [6.45, 7) is 2.22. The molecule has 84 valence electrons. The van der Waals surface area contributed by atoms with Gasteiger partial charge in [0.25, 0.3) is 0 Å². The van der Waals surface area contributed by atoms with Crippen LogP contribution in [0.3, 0.4) is 0 Å². The van der Waals surface area contributed by atoms with E-state index in [4.69, 9.17) is 5.73 Å². The fraction of sp³-hybridized carbons (Fsp3) is 0.200. The van der Waals surface area contributed by atoms with E-state index in [0.717, 1.165) is 19.8 Å². The second-order valence-corrected chi connectivity index (χ2v) is 5.62. The van der Waals surface area contributed by atoms with Crippen molar-refractivity contribution in [2.75, 3.05) is 0 Å². The van der Waals surface area contributed by atoms with Gasteiger partial charge in [-0.05, 0) is 30.7 Å². The minimum atomic E-state index is -0.266. The van der Waals surface area contributed by atoms with Crippen molar-refractivity contribution in [1.29, 1.82) is 0 Å². The minimum Gasteiger partial charge on any atom is -0.326 e. The Morgan fingerprint density at radius 2 is 2.25 bits per heavy atom. The molecule has 0 aliphatic carbocycles. The van der Waals surface area contributed by atoms with Crippen molar-refractivity contribution in [3.8, 4) is 0 Å². The molecule has 0 saturated carbocycles. The van der Waals surface area contributed by atoms with Gasteiger partial charge < -0.3 is 5.73 Å². The van der Waals surface area contributed by atoms with Gasteiger partial charge in [0.05, 0.1) is 0 Å². The summed E-state index contributed by atoms with van der Waals surface area (Å²) in [5.74, 6) is -0.266. The number of aromatic nitrogens is 2. The van der Waals surface area contributed by atoms with Gasteiger partial charge in [0, 0.05) is 11.4 Å². The van der Waals surface area contributed by atoms with Crippen LogP contribution in [-0.4, -0.2) is 10.2 Å². The number of nitrogens with zero attached hydrogens (tertiary/aromatic N) is 2.